The number of rotatable bonds is 5. The Balaban J connectivity index is 2.29. The van der Waals surface area contributed by atoms with Crippen molar-refractivity contribution in [1.82, 2.24) is 0 Å². The Hall–Kier alpha value is -1.52. The smallest absolute Gasteiger partial charge is 0.131 e. The van der Waals surface area contributed by atoms with Crippen molar-refractivity contribution in [3.63, 3.8) is 0 Å². The molecule has 4 heteroatoms. The molecule has 1 unspecified atom stereocenters. The highest BCUT2D eigenvalue weighted by Crippen LogP contribution is 2.31. The minimum Gasteiger partial charge on any atom is -0.457 e. The van der Waals surface area contributed by atoms with Crippen LogP contribution in [0.4, 0.5) is 5.69 Å². The van der Waals surface area contributed by atoms with Crippen molar-refractivity contribution in [2.75, 3.05) is 19.0 Å². The fourth-order valence-electron chi connectivity index (χ4n) is 2.09. The third-order valence-electron chi connectivity index (χ3n) is 3.13. The molecular formula is C17H21BrN2O. The van der Waals surface area contributed by atoms with Crippen LogP contribution in [-0.4, -0.2) is 20.1 Å². The summed E-state index contributed by atoms with van der Waals surface area (Å²) in [4.78, 5) is 2.05. The molecule has 0 fully saturated rings. The predicted molar refractivity (Wildman–Crippen MR) is 92.3 cm³/mol. The normalized spacial score (nSPS) is 12.0. The number of nitrogens with two attached hydrogens (primary N) is 1. The fourth-order valence-corrected chi connectivity index (χ4v) is 2.43. The van der Waals surface area contributed by atoms with Crippen molar-refractivity contribution in [2.24, 2.45) is 5.73 Å². The predicted octanol–water partition coefficient (Wildman–Crippen LogP) is 4.20. The molecule has 2 N–H and O–H groups in total. The molecule has 0 aromatic heterocycles. The van der Waals surface area contributed by atoms with Crippen LogP contribution in [0, 0.1) is 0 Å². The first kappa shape index (κ1) is 15.9. The number of hydrogen-bond donors (Lipinski definition) is 1. The fraction of sp³-hybridized carbons (Fsp3) is 0.294. The van der Waals surface area contributed by atoms with E-state index in [1.807, 2.05) is 51.4 Å². The van der Waals surface area contributed by atoms with E-state index < -0.39 is 0 Å². The van der Waals surface area contributed by atoms with E-state index in [0.717, 1.165) is 33.6 Å². The Morgan fingerprint density at radius 3 is 2.62 bits per heavy atom. The van der Waals surface area contributed by atoms with Gasteiger partial charge in [0.1, 0.15) is 11.5 Å². The second kappa shape index (κ2) is 6.96. The van der Waals surface area contributed by atoms with Crippen LogP contribution < -0.4 is 15.4 Å². The third kappa shape index (κ3) is 4.48. The molecule has 0 bridgehead atoms. The molecule has 0 aliphatic heterocycles. The summed E-state index contributed by atoms with van der Waals surface area (Å²) in [7, 11) is 4.03. The minimum atomic E-state index is 0.0987. The molecular weight excluding hydrogens is 328 g/mol. The summed E-state index contributed by atoms with van der Waals surface area (Å²) < 4.78 is 7.06. The molecule has 0 aliphatic rings. The van der Waals surface area contributed by atoms with Gasteiger partial charge in [0.15, 0.2) is 0 Å². The van der Waals surface area contributed by atoms with E-state index in [2.05, 4.69) is 33.0 Å². The van der Waals surface area contributed by atoms with Crippen LogP contribution in [-0.2, 0) is 6.42 Å². The molecule has 112 valence electrons. The van der Waals surface area contributed by atoms with E-state index in [1.54, 1.807) is 0 Å². The van der Waals surface area contributed by atoms with Crippen LogP contribution in [0.5, 0.6) is 11.5 Å². The molecule has 0 saturated carbocycles. The summed E-state index contributed by atoms with van der Waals surface area (Å²) in [5.41, 5.74) is 8.14. The van der Waals surface area contributed by atoms with Crippen LogP contribution in [0.15, 0.2) is 46.9 Å². The van der Waals surface area contributed by atoms with Crippen LogP contribution in [0.25, 0.3) is 0 Å². The largest absolute Gasteiger partial charge is 0.457 e. The van der Waals surface area contributed by atoms with E-state index in [9.17, 15) is 0 Å². The summed E-state index contributed by atoms with van der Waals surface area (Å²) in [6, 6.07) is 14.2. The number of ether oxygens (including phenoxy) is 1. The van der Waals surface area contributed by atoms with Gasteiger partial charge in [0, 0.05) is 36.4 Å². The molecule has 2 rings (SSSR count). The van der Waals surface area contributed by atoms with Gasteiger partial charge in [-0.2, -0.15) is 0 Å². The summed E-state index contributed by atoms with van der Waals surface area (Å²) >= 11 is 3.49. The Morgan fingerprint density at radius 1 is 1.19 bits per heavy atom. The third-order valence-corrected chi connectivity index (χ3v) is 3.63. The Kier molecular flexibility index (Phi) is 5.26. The highest BCUT2D eigenvalue weighted by Gasteiger charge is 2.09. The Labute approximate surface area is 134 Å². The average molecular weight is 349 g/mol. The highest BCUT2D eigenvalue weighted by atomic mass is 79.9. The average Bonchev–Trinajstić information content (AvgIpc) is 2.42. The van der Waals surface area contributed by atoms with Crippen LogP contribution in [0.2, 0.25) is 0 Å². The van der Waals surface area contributed by atoms with E-state index >= 15 is 0 Å². The van der Waals surface area contributed by atoms with Crippen LogP contribution in [0.3, 0.4) is 0 Å². The summed E-state index contributed by atoms with van der Waals surface area (Å²) in [5, 5.41) is 0. The van der Waals surface area contributed by atoms with Gasteiger partial charge in [0.05, 0.1) is 0 Å². The lowest BCUT2D eigenvalue weighted by Crippen LogP contribution is -2.18. The number of nitrogens with zero attached hydrogens (tertiary/aromatic N) is 1. The standard InChI is InChI=1S/C17H21BrN2O/c1-12(19)9-13-7-8-14(18)10-17(13)21-16-6-4-5-15(11-16)20(2)3/h4-8,10-12H,9,19H2,1-3H3. The van der Waals surface area contributed by atoms with Gasteiger partial charge < -0.3 is 15.4 Å². The van der Waals surface area contributed by atoms with Crippen LogP contribution >= 0.6 is 15.9 Å². The molecule has 0 amide bonds. The zero-order valence-corrected chi connectivity index (χ0v) is 14.2. The van der Waals surface area contributed by atoms with E-state index in [4.69, 9.17) is 10.5 Å². The molecule has 0 aliphatic carbocycles. The second-order valence-corrected chi connectivity index (χ2v) is 6.34. The van der Waals surface area contributed by atoms with E-state index in [-0.39, 0.29) is 6.04 Å². The van der Waals surface area contributed by atoms with Crippen LogP contribution in [0.1, 0.15) is 12.5 Å². The second-order valence-electron chi connectivity index (χ2n) is 5.43. The lowest BCUT2D eigenvalue weighted by atomic mass is 10.1. The number of anilines is 1. The first-order chi connectivity index (χ1) is 9.95. The topological polar surface area (TPSA) is 38.5 Å². The monoisotopic (exact) mass is 348 g/mol. The number of halogens is 1. The van der Waals surface area contributed by atoms with Gasteiger partial charge in [0.25, 0.3) is 0 Å². The van der Waals surface area contributed by atoms with Crippen molar-refractivity contribution in [1.29, 1.82) is 0 Å². The van der Waals surface area contributed by atoms with Crippen molar-refractivity contribution < 1.29 is 4.74 Å². The Bertz CT molecular complexity index is 611. The molecule has 2 aromatic carbocycles. The zero-order chi connectivity index (χ0) is 15.4. The molecule has 2 aromatic rings. The highest BCUT2D eigenvalue weighted by molar-refractivity contribution is 9.10. The molecule has 0 saturated heterocycles. The molecule has 21 heavy (non-hydrogen) atoms. The lowest BCUT2D eigenvalue weighted by Gasteiger charge is -2.16. The van der Waals surface area contributed by atoms with E-state index in [1.165, 1.54) is 0 Å². The molecule has 3 nitrogen and oxygen atoms in total. The first-order valence-electron chi connectivity index (χ1n) is 6.95. The summed E-state index contributed by atoms with van der Waals surface area (Å²) in [5.74, 6) is 1.67. The molecule has 0 spiro atoms. The van der Waals surface area contributed by atoms with Gasteiger partial charge in [-0.25, -0.2) is 0 Å². The Morgan fingerprint density at radius 2 is 1.95 bits per heavy atom. The van der Waals surface area contributed by atoms with Crippen molar-refractivity contribution in [2.45, 2.75) is 19.4 Å². The SMILES string of the molecule is CC(N)Cc1ccc(Br)cc1Oc1cccc(N(C)C)c1. The van der Waals surface area contributed by atoms with Gasteiger partial charge in [-0.1, -0.05) is 28.1 Å². The quantitative estimate of drug-likeness (QED) is 0.879. The van der Waals surface area contributed by atoms with Gasteiger partial charge >= 0.3 is 0 Å². The number of benzene rings is 2. The first-order valence-corrected chi connectivity index (χ1v) is 7.74. The van der Waals surface area contributed by atoms with Crippen molar-refractivity contribution in [3.8, 4) is 11.5 Å². The maximum Gasteiger partial charge on any atom is 0.131 e. The van der Waals surface area contributed by atoms with Gasteiger partial charge in [-0.15, -0.1) is 0 Å². The lowest BCUT2D eigenvalue weighted by molar-refractivity contribution is 0.473. The maximum atomic E-state index is 6.07. The van der Waals surface area contributed by atoms with Gasteiger partial charge in [-0.3, -0.25) is 0 Å². The maximum absolute atomic E-state index is 6.07. The van der Waals surface area contributed by atoms with Crippen molar-refractivity contribution in [3.05, 3.63) is 52.5 Å². The molecule has 1 atom stereocenters. The van der Waals surface area contributed by atoms with Gasteiger partial charge in [0.2, 0.25) is 0 Å². The van der Waals surface area contributed by atoms with Crippen molar-refractivity contribution >= 4 is 21.6 Å². The molecule has 0 heterocycles. The summed E-state index contributed by atoms with van der Waals surface area (Å²) in [6.07, 6.45) is 0.788. The zero-order valence-electron chi connectivity index (χ0n) is 12.6. The summed E-state index contributed by atoms with van der Waals surface area (Å²) in [6.45, 7) is 2.00. The minimum absolute atomic E-state index is 0.0987. The molecule has 0 radical (unpaired) electrons. The number of hydrogen-bond acceptors (Lipinski definition) is 3. The van der Waals surface area contributed by atoms with E-state index in [0.29, 0.717) is 0 Å². The van der Waals surface area contributed by atoms with Gasteiger partial charge in [-0.05, 0) is 43.2 Å².